The Morgan fingerprint density at radius 3 is 2.80 bits per heavy atom. The number of benzene rings is 2. The summed E-state index contributed by atoms with van der Waals surface area (Å²) in [5, 5.41) is 7.48. The monoisotopic (exact) mass is 407 g/mol. The highest BCUT2D eigenvalue weighted by atomic mass is 19.1. The van der Waals surface area contributed by atoms with E-state index in [0.717, 1.165) is 62.0 Å². The number of nitrogens with one attached hydrogen (secondary N) is 1. The van der Waals surface area contributed by atoms with Crippen molar-refractivity contribution in [3.8, 4) is 0 Å². The summed E-state index contributed by atoms with van der Waals surface area (Å²) in [5.41, 5.74) is 3.39. The minimum atomic E-state index is -0.314. The summed E-state index contributed by atoms with van der Waals surface area (Å²) < 4.78 is 18.7. The molecule has 1 aromatic heterocycles. The average Bonchev–Trinajstić information content (AvgIpc) is 3.29. The number of amides is 2. The molecule has 0 atom stereocenters. The summed E-state index contributed by atoms with van der Waals surface area (Å²) in [4.78, 5) is 26.3. The predicted octanol–water partition coefficient (Wildman–Crippen LogP) is 3.66. The third kappa shape index (κ3) is 3.39. The third-order valence-corrected chi connectivity index (χ3v) is 6.21. The van der Waals surface area contributed by atoms with Crippen LogP contribution in [0.25, 0.3) is 11.0 Å². The first kappa shape index (κ1) is 18.9. The number of likely N-dealkylation sites (tertiary alicyclic amines) is 1. The van der Waals surface area contributed by atoms with Gasteiger partial charge in [-0.05, 0) is 69.1 Å². The second-order valence-electron chi connectivity index (χ2n) is 8.05. The molecule has 7 heteroatoms. The van der Waals surface area contributed by atoms with Crippen molar-refractivity contribution in [1.82, 2.24) is 15.4 Å². The summed E-state index contributed by atoms with van der Waals surface area (Å²) in [5.74, 6) is -0.584. The number of hydrogen-bond acceptors (Lipinski definition) is 5. The van der Waals surface area contributed by atoms with Crippen molar-refractivity contribution in [2.45, 2.75) is 31.6 Å². The molecule has 154 valence electrons. The van der Waals surface area contributed by atoms with Gasteiger partial charge in [0.1, 0.15) is 5.82 Å². The van der Waals surface area contributed by atoms with E-state index in [4.69, 9.17) is 4.52 Å². The van der Waals surface area contributed by atoms with Crippen LogP contribution < -0.4 is 5.32 Å². The lowest BCUT2D eigenvalue weighted by Crippen LogP contribution is -2.34. The minimum Gasteiger partial charge on any atom is -0.356 e. The molecule has 0 spiro atoms. The molecule has 6 nitrogen and oxygen atoms in total. The number of nitrogens with zero attached hydrogens (tertiary/aromatic N) is 2. The van der Waals surface area contributed by atoms with E-state index in [2.05, 4.69) is 15.4 Å². The van der Waals surface area contributed by atoms with Gasteiger partial charge >= 0.3 is 0 Å². The van der Waals surface area contributed by atoms with E-state index in [9.17, 15) is 14.0 Å². The standard InChI is InChI=1S/C23H22FN3O3/c24-16-6-7-17-19(13-16)30-26-21(17)15-8-11-27(12-9-15)10-2-4-14-3-1-5-18-20(14)23(29)25-22(18)28/h1,3,5-7,13,15H,2,4,8-12H2,(H,25,28,29). The molecular weight excluding hydrogens is 385 g/mol. The number of halogens is 1. The molecule has 0 saturated carbocycles. The summed E-state index contributed by atoms with van der Waals surface area (Å²) in [7, 11) is 0. The van der Waals surface area contributed by atoms with Gasteiger partial charge in [0, 0.05) is 17.4 Å². The van der Waals surface area contributed by atoms with Gasteiger partial charge in [0.25, 0.3) is 11.8 Å². The molecule has 0 aliphatic carbocycles. The molecule has 1 N–H and O–H groups in total. The van der Waals surface area contributed by atoms with E-state index in [1.807, 2.05) is 12.1 Å². The Hall–Kier alpha value is -3.06. The predicted molar refractivity (Wildman–Crippen MR) is 109 cm³/mol. The summed E-state index contributed by atoms with van der Waals surface area (Å²) in [6.07, 6.45) is 3.66. The first-order valence-corrected chi connectivity index (χ1v) is 10.3. The molecule has 0 radical (unpaired) electrons. The van der Waals surface area contributed by atoms with Gasteiger partial charge in [-0.15, -0.1) is 0 Å². The van der Waals surface area contributed by atoms with Gasteiger partial charge in [-0.2, -0.15) is 0 Å². The number of aryl methyl sites for hydroxylation is 1. The zero-order valence-corrected chi connectivity index (χ0v) is 16.5. The highest BCUT2D eigenvalue weighted by Crippen LogP contribution is 2.33. The van der Waals surface area contributed by atoms with Crippen molar-refractivity contribution >= 4 is 22.8 Å². The van der Waals surface area contributed by atoms with Crippen molar-refractivity contribution in [2.24, 2.45) is 0 Å². The van der Waals surface area contributed by atoms with E-state index in [0.29, 0.717) is 22.6 Å². The number of rotatable bonds is 5. The molecule has 0 unspecified atom stereocenters. The summed E-state index contributed by atoms with van der Waals surface area (Å²) in [6.45, 7) is 2.87. The molecular formula is C23H22FN3O3. The maximum atomic E-state index is 13.4. The lowest BCUT2D eigenvalue weighted by atomic mass is 9.91. The number of aromatic nitrogens is 1. The van der Waals surface area contributed by atoms with Gasteiger partial charge in [0.15, 0.2) is 5.58 Å². The van der Waals surface area contributed by atoms with Crippen LogP contribution in [-0.2, 0) is 6.42 Å². The van der Waals surface area contributed by atoms with Crippen LogP contribution in [0.3, 0.4) is 0 Å². The quantitative estimate of drug-likeness (QED) is 0.654. The van der Waals surface area contributed by atoms with Gasteiger partial charge in [-0.25, -0.2) is 4.39 Å². The second kappa shape index (κ2) is 7.65. The Labute approximate surface area is 173 Å². The van der Waals surface area contributed by atoms with Crippen LogP contribution in [0.2, 0.25) is 0 Å². The first-order valence-electron chi connectivity index (χ1n) is 10.3. The van der Waals surface area contributed by atoms with Crippen molar-refractivity contribution in [2.75, 3.05) is 19.6 Å². The van der Waals surface area contributed by atoms with Gasteiger partial charge < -0.3 is 9.42 Å². The van der Waals surface area contributed by atoms with Crippen LogP contribution in [0.4, 0.5) is 4.39 Å². The zero-order chi connectivity index (χ0) is 20.7. The Bertz CT molecular complexity index is 1130. The summed E-state index contributed by atoms with van der Waals surface area (Å²) >= 11 is 0. The molecule has 5 rings (SSSR count). The van der Waals surface area contributed by atoms with Crippen LogP contribution in [0.15, 0.2) is 40.9 Å². The number of carbonyl (C=O) groups excluding carboxylic acids is 2. The lowest BCUT2D eigenvalue weighted by Gasteiger charge is -2.31. The first-order chi connectivity index (χ1) is 14.6. The fourth-order valence-corrected chi connectivity index (χ4v) is 4.65. The second-order valence-corrected chi connectivity index (χ2v) is 8.05. The Morgan fingerprint density at radius 1 is 1.13 bits per heavy atom. The van der Waals surface area contributed by atoms with Crippen LogP contribution in [-0.4, -0.2) is 41.5 Å². The maximum absolute atomic E-state index is 13.4. The Balaban J connectivity index is 1.17. The van der Waals surface area contributed by atoms with Crippen LogP contribution in [0, 0.1) is 5.82 Å². The Kier molecular flexibility index (Phi) is 4.83. The van der Waals surface area contributed by atoms with E-state index >= 15 is 0 Å². The Morgan fingerprint density at radius 2 is 1.97 bits per heavy atom. The topological polar surface area (TPSA) is 75.4 Å². The zero-order valence-electron chi connectivity index (χ0n) is 16.5. The molecule has 3 heterocycles. The largest absolute Gasteiger partial charge is 0.356 e. The molecule has 1 saturated heterocycles. The molecule has 2 amide bonds. The fraction of sp³-hybridized carbons (Fsp3) is 0.348. The normalized spacial score (nSPS) is 17.5. The molecule has 1 fully saturated rings. The lowest BCUT2D eigenvalue weighted by molar-refractivity contribution is 0.0879. The number of piperidine rings is 1. The SMILES string of the molecule is O=C1NC(=O)c2c(CCCN3CCC(c4noc5cc(F)ccc45)CC3)cccc21. The number of carbonyl (C=O) groups is 2. The van der Waals surface area contributed by atoms with Crippen LogP contribution >= 0.6 is 0 Å². The van der Waals surface area contributed by atoms with Gasteiger partial charge in [-0.3, -0.25) is 14.9 Å². The van der Waals surface area contributed by atoms with E-state index in [1.54, 1.807) is 12.1 Å². The molecule has 2 aromatic carbocycles. The minimum absolute atomic E-state index is 0.286. The molecule has 2 aliphatic heterocycles. The summed E-state index contributed by atoms with van der Waals surface area (Å²) in [6, 6.07) is 10.1. The number of hydrogen-bond donors (Lipinski definition) is 1. The smallest absolute Gasteiger partial charge is 0.259 e. The van der Waals surface area contributed by atoms with Gasteiger partial charge in [-0.1, -0.05) is 17.3 Å². The van der Waals surface area contributed by atoms with Crippen molar-refractivity contribution in [3.05, 3.63) is 64.6 Å². The van der Waals surface area contributed by atoms with Gasteiger partial charge in [0.05, 0.1) is 16.8 Å². The fourth-order valence-electron chi connectivity index (χ4n) is 4.65. The number of imide groups is 1. The van der Waals surface area contributed by atoms with Crippen LogP contribution in [0.1, 0.15) is 57.2 Å². The van der Waals surface area contributed by atoms with Crippen molar-refractivity contribution < 1.29 is 18.5 Å². The molecule has 0 bridgehead atoms. The van der Waals surface area contributed by atoms with Gasteiger partial charge in [0.2, 0.25) is 0 Å². The van der Waals surface area contributed by atoms with Crippen molar-refractivity contribution in [3.63, 3.8) is 0 Å². The molecule has 2 aliphatic rings. The van der Waals surface area contributed by atoms with E-state index in [1.165, 1.54) is 12.1 Å². The average molecular weight is 407 g/mol. The highest BCUT2D eigenvalue weighted by Gasteiger charge is 2.29. The van der Waals surface area contributed by atoms with Crippen molar-refractivity contribution in [1.29, 1.82) is 0 Å². The third-order valence-electron chi connectivity index (χ3n) is 6.21. The maximum Gasteiger partial charge on any atom is 0.259 e. The molecule has 3 aromatic rings. The highest BCUT2D eigenvalue weighted by molar-refractivity contribution is 6.22. The number of fused-ring (bicyclic) bond motifs is 2. The molecule has 30 heavy (non-hydrogen) atoms. The van der Waals surface area contributed by atoms with Crippen LogP contribution in [0.5, 0.6) is 0 Å². The van der Waals surface area contributed by atoms with E-state index < -0.39 is 0 Å². The van der Waals surface area contributed by atoms with E-state index in [-0.39, 0.29) is 17.6 Å².